The standard InChI is InChI=1S/C27H34N4O3/c1-16(32)29-23(14-17-4-6-18(15-28)7-5-17)27(34)31-8-2-3-24(31)26(33)30-25-21-10-19-9-20(12-21)13-22(25)11-19/h4-7,19-25H,2-3,8-14H2,1H3,(H,29,32)(H,30,33)/t19?,20?,21?,22?,23-,24+,25?/m0/s1. The predicted octanol–water partition coefficient (Wildman–Crippen LogP) is 2.54. The summed E-state index contributed by atoms with van der Waals surface area (Å²) < 4.78 is 0. The Morgan fingerprint density at radius 3 is 2.29 bits per heavy atom. The molecule has 0 aromatic heterocycles. The summed E-state index contributed by atoms with van der Waals surface area (Å²) in [6.45, 7) is 1.93. The van der Waals surface area contributed by atoms with Crippen molar-refractivity contribution in [2.45, 2.75) is 76.4 Å². The van der Waals surface area contributed by atoms with Crippen molar-refractivity contribution in [1.82, 2.24) is 15.5 Å². The Balaban J connectivity index is 1.26. The number of hydrogen-bond donors (Lipinski definition) is 2. The summed E-state index contributed by atoms with van der Waals surface area (Å²) in [7, 11) is 0. The van der Waals surface area contributed by atoms with E-state index in [2.05, 4.69) is 16.7 Å². The van der Waals surface area contributed by atoms with E-state index in [4.69, 9.17) is 5.26 Å². The Morgan fingerprint density at radius 2 is 1.71 bits per heavy atom. The van der Waals surface area contributed by atoms with E-state index in [1.807, 2.05) is 0 Å². The van der Waals surface area contributed by atoms with Crippen LogP contribution in [0.3, 0.4) is 0 Å². The Morgan fingerprint density at radius 1 is 1.06 bits per heavy atom. The summed E-state index contributed by atoms with van der Waals surface area (Å²) in [6.07, 6.45) is 8.10. The van der Waals surface area contributed by atoms with E-state index in [1.54, 1.807) is 29.2 Å². The fraction of sp³-hybridized carbons (Fsp3) is 0.630. The van der Waals surface area contributed by atoms with Crippen LogP contribution in [0.25, 0.3) is 0 Å². The minimum atomic E-state index is -0.736. The summed E-state index contributed by atoms with van der Waals surface area (Å²) in [5.74, 6) is 2.37. The highest BCUT2D eigenvalue weighted by molar-refractivity contribution is 5.92. The summed E-state index contributed by atoms with van der Waals surface area (Å²) in [6, 6.07) is 8.17. The zero-order valence-corrected chi connectivity index (χ0v) is 19.8. The van der Waals surface area contributed by atoms with Gasteiger partial charge >= 0.3 is 0 Å². The average Bonchev–Trinajstić information content (AvgIpc) is 3.30. The molecule has 180 valence electrons. The maximum Gasteiger partial charge on any atom is 0.246 e. The molecule has 1 aromatic carbocycles. The normalized spacial score (nSPS) is 32.2. The maximum absolute atomic E-state index is 13.5. The Hall–Kier alpha value is -2.88. The van der Waals surface area contributed by atoms with Gasteiger partial charge in [-0.15, -0.1) is 0 Å². The van der Waals surface area contributed by atoms with Crippen LogP contribution < -0.4 is 10.6 Å². The number of carbonyl (C=O) groups is 3. The van der Waals surface area contributed by atoms with Crippen molar-refractivity contribution in [3.05, 3.63) is 35.4 Å². The third-order valence-corrected chi connectivity index (χ3v) is 8.57. The van der Waals surface area contributed by atoms with Crippen molar-refractivity contribution >= 4 is 17.7 Å². The molecular weight excluding hydrogens is 428 g/mol. The topological polar surface area (TPSA) is 102 Å². The molecule has 34 heavy (non-hydrogen) atoms. The minimum absolute atomic E-state index is 0.0247. The molecule has 5 aliphatic rings. The molecule has 5 fully saturated rings. The highest BCUT2D eigenvalue weighted by Gasteiger charge is 2.49. The van der Waals surface area contributed by atoms with E-state index >= 15 is 0 Å². The number of benzene rings is 1. The van der Waals surface area contributed by atoms with Crippen molar-refractivity contribution in [3.8, 4) is 6.07 Å². The third-order valence-electron chi connectivity index (χ3n) is 8.57. The number of nitrogens with zero attached hydrogens (tertiary/aromatic N) is 2. The molecule has 0 unspecified atom stereocenters. The average molecular weight is 463 g/mol. The van der Waals surface area contributed by atoms with Crippen LogP contribution >= 0.6 is 0 Å². The molecule has 7 heteroatoms. The summed E-state index contributed by atoms with van der Waals surface area (Å²) in [4.78, 5) is 40.5. The highest BCUT2D eigenvalue weighted by Crippen LogP contribution is 2.53. The van der Waals surface area contributed by atoms with Crippen LogP contribution in [0.5, 0.6) is 0 Å². The van der Waals surface area contributed by atoms with E-state index in [1.165, 1.54) is 39.0 Å². The minimum Gasteiger partial charge on any atom is -0.351 e. The zero-order chi connectivity index (χ0) is 23.8. The fourth-order valence-electron chi connectivity index (χ4n) is 7.32. The molecule has 4 bridgehead atoms. The number of likely N-dealkylation sites (tertiary alicyclic amines) is 1. The molecule has 2 N–H and O–H groups in total. The van der Waals surface area contributed by atoms with Crippen LogP contribution in [-0.2, 0) is 20.8 Å². The van der Waals surface area contributed by atoms with Crippen molar-refractivity contribution in [1.29, 1.82) is 5.26 Å². The second-order valence-corrected chi connectivity index (χ2v) is 10.9. The molecule has 0 spiro atoms. The molecule has 6 rings (SSSR count). The summed E-state index contributed by atoms with van der Waals surface area (Å²) in [5.41, 5.74) is 1.41. The molecule has 1 saturated heterocycles. The first-order valence-corrected chi connectivity index (χ1v) is 12.8. The largest absolute Gasteiger partial charge is 0.351 e. The van der Waals surface area contributed by atoms with E-state index in [0.717, 1.165) is 23.8 Å². The predicted molar refractivity (Wildman–Crippen MR) is 126 cm³/mol. The Labute approximate surface area is 201 Å². The van der Waals surface area contributed by atoms with Crippen molar-refractivity contribution in [2.75, 3.05) is 6.54 Å². The van der Waals surface area contributed by atoms with Crippen molar-refractivity contribution < 1.29 is 14.4 Å². The molecule has 1 aromatic rings. The van der Waals surface area contributed by atoms with Gasteiger partial charge in [0.2, 0.25) is 17.7 Å². The molecule has 2 atom stereocenters. The van der Waals surface area contributed by atoms with Gasteiger partial charge in [0.1, 0.15) is 12.1 Å². The fourth-order valence-corrected chi connectivity index (χ4v) is 7.32. The SMILES string of the molecule is CC(=O)N[C@@H](Cc1ccc(C#N)cc1)C(=O)N1CCC[C@@H]1C(=O)NC1C2CC3CC(C2)CC1C3. The van der Waals surface area contributed by atoms with Gasteiger partial charge in [0, 0.05) is 25.9 Å². The lowest BCUT2D eigenvalue weighted by atomic mass is 9.54. The molecule has 3 amide bonds. The van der Waals surface area contributed by atoms with E-state index in [0.29, 0.717) is 36.8 Å². The first-order valence-electron chi connectivity index (χ1n) is 12.8. The van der Waals surface area contributed by atoms with Gasteiger partial charge in [-0.3, -0.25) is 14.4 Å². The number of rotatable bonds is 6. The van der Waals surface area contributed by atoms with Crippen LogP contribution in [0.1, 0.15) is 63.0 Å². The zero-order valence-electron chi connectivity index (χ0n) is 19.8. The van der Waals surface area contributed by atoms with Gasteiger partial charge in [-0.1, -0.05) is 12.1 Å². The molecule has 1 heterocycles. The van der Waals surface area contributed by atoms with Gasteiger partial charge in [0.15, 0.2) is 0 Å². The van der Waals surface area contributed by atoms with Crippen LogP contribution in [0.4, 0.5) is 0 Å². The number of nitriles is 1. The van der Waals surface area contributed by atoms with Crippen LogP contribution in [-0.4, -0.2) is 47.3 Å². The lowest BCUT2D eigenvalue weighted by Crippen LogP contribution is -2.59. The summed E-state index contributed by atoms with van der Waals surface area (Å²) in [5, 5.41) is 15.2. The molecular formula is C27H34N4O3. The van der Waals surface area contributed by atoms with Gasteiger partial charge in [0.05, 0.1) is 11.6 Å². The molecule has 7 nitrogen and oxygen atoms in total. The van der Waals surface area contributed by atoms with Gasteiger partial charge in [-0.25, -0.2) is 0 Å². The second kappa shape index (κ2) is 9.40. The Kier molecular flexibility index (Phi) is 6.33. The maximum atomic E-state index is 13.5. The van der Waals surface area contributed by atoms with E-state index in [-0.39, 0.29) is 23.8 Å². The second-order valence-electron chi connectivity index (χ2n) is 10.9. The molecule has 4 aliphatic carbocycles. The molecule has 1 aliphatic heterocycles. The quantitative estimate of drug-likeness (QED) is 0.678. The summed E-state index contributed by atoms with van der Waals surface area (Å²) >= 11 is 0. The van der Waals surface area contributed by atoms with Gasteiger partial charge < -0.3 is 15.5 Å². The molecule has 0 radical (unpaired) electrons. The lowest BCUT2D eigenvalue weighted by molar-refractivity contribution is -0.142. The van der Waals surface area contributed by atoms with Crippen molar-refractivity contribution in [3.63, 3.8) is 0 Å². The van der Waals surface area contributed by atoms with Gasteiger partial charge in [-0.2, -0.15) is 5.26 Å². The van der Waals surface area contributed by atoms with Crippen LogP contribution in [0.15, 0.2) is 24.3 Å². The van der Waals surface area contributed by atoms with E-state index in [9.17, 15) is 14.4 Å². The van der Waals surface area contributed by atoms with E-state index < -0.39 is 12.1 Å². The number of carbonyl (C=O) groups excluding carboxylic acids is 3. The van der Waals surface area contributed by atoms with Crippen LogP contribution in [0, 0.1) is 35.0 Å². The number of hydrogen-bond acceptors (Lipinski definition) is 4. The van der Waals surface area contributed by atoms with Gasteiger partial charge in [0.25, 0.3) is 0 Å². The first kappa shape index (κ1) is 22.9. The highest BCUT2D eigenvalue weighted by atomic mass is 16.2. The number of amides is 3. The van der Waals surface area contributed by atoms with Crippen molar-refractivity contribution in [2.24, 2.45) is 23.7 Å². The van der Waals surface area contributed by atoms with Crippen LogP contribution in [0.2, 0.25) is 0 Å². The number of nitrogens with one attached hydrogen (secondary N) is 2. The smallest absolute Gasteiger partial charge is 0.246 e. The Bertz CT molecular complexity index is 970. The lowest BCUT2D eigenvalue weighted by Gasteiger charge is -2.54. The third kappa shape index (κ3) is 4.55. The monoisotopic (exact) mass is 462 g/mol. The molecule has 4 saturated carbocycles. The first-order chi connectivity index (χ1) is 16.4. The van der Waals surface area contributed by atoms with Gasteiger partial charge in [-0.05, 0) is 86.3 Å².